The lowest BCUT2D eigenvalue weighted by atomic mass is 10.0. The maximum absolute atomic E-state index is 14.0. The van der Waals surface area contributed by atoms with Crippen molar-refractivity contribution in [3.8, 4) is 5.75 Å². The summed E-state index contributed by atoms with van der Waals surface area (Å²) in [5, 5.41) is 13.0. The first kappa shape index (κ1) is 23.8. The van der Waals surface area contributed by atoms with E-state index in [1.807, 2.05) is 0 Å². The van der Waals surface area contributed by atoms with Gasteiger partial charge in [-0.15, -0.1) is 0 Å². The number of rotatable bonds is 6. The van der Waals surface area contributed by atoms with Crippen LogP contribution < -0.4 is 15.5 Å². The molecule has 13 heteroatoms. The molecule has 2 aliphatic heterocycles. The number of amides is 2. The number of sulfonamides is 1. The maximum Gasteiger partial charge on any atom is 0.274 e. The number of aromatic nitrogens is 1. The van der Waals surface area contributed by atoms with Crippen LogP contribution >= 0.6 is 0 Å². The smallest absolute Gasteiger partial charge is 0.274 e. The first-order valence-electron chi connectivity index (χ1n) is 10.4. The van der Waals surface area contributed by atoms with Crippen molar-refractivity contribution in [2.24, 2.45) is 0 Å². The van der Waals surface area contributed by atoms with Gasteiger partial charge in [0.25, 0.3) is 11.8 Å². The standard InChI is InChI=1S/C21H22F2N4O6S/c1-3-26-9-12-7-14(25-34(2,32)33)16-15(18(28)19(29)17(21(26)31)27(12)16)20(30)24-8-10-4-5-11(22)6-13(10)23/h4-6,12,14,25,29H,3,7-9H2,1-2H3,(H,24,30)/t12?,14-/m0/s1. The Morgan fingerprint density at radius 1 is 1.26 bits per heavy atom. The molecule has 1 unspecified atom stereocenters. The third-order valence-electron chi connectivity index (χ3n) is 5.97. The highest BCUT2D eigenvalue weighted by molar-refractivity contribution is 7.88. The Bertz CT molecular complexity index is 1370. The molecule has 4 rings (SSSR count). The van der Waals surface area contributed by atoms with Crippen molar-refractivity contribution in [1.82, 2.24) is 19.5 Å². The number of nitrogens with zero attached hydrogens (tertiary/aromatic N) is 2. The van der Waals surface area contributed by atoms with Gasteiger partial charge in [0.2, 0.25) is 15.5 Å². The molecule has 0 aliphatic carbocycles. The van der Waals surface area contributed by atoms with Crippen molar-refractivity contribution >= 4 is 21.8 Å². The number of benzene rings is 1. The van der Waals surface area contributed by atoms with E-state index >= 15 is 0 Å². The van der Waals surface area contributed by atoms with Crippen LogP contribution in [-0.2, 0) is 16.6 Å². The first-order valence-corrected chi connectivity index (χ1v) is 12.3. The van der Waals surface area contributed by atoms with Crippen LogP contribution in [0.25, 0.3) is 0 Å². The van der Waals surface area contributed by atoms with Crippen LogP contribution in [0, 0.1) is 11.6 Å². The minimum atomic E-state index is -3.78. The van der Waals surface area contributed by atoms with E-state index in [2.05, 4.69) is 10.0 Å². The van der Waals surface area contributed by atoms with E-state index in [1.165, 1.54) is 9.47 Å². The van der Waals surface area contributed by atoms with Gasteiger partial charge < -0.3 is 19.9 Å². The maximum atomic E-state index is 14.0. The van der Waals surface area contributed by atoms with E-state index in [9.17, 15) is 36.7 Å². The van der Waals surface area contributed by atoms with E-state index in [4.69, 9.17) is 0 Å². The van der Waals surface area contributed by atoms with Crippen molar-refractivity contribution in [3.63, 3.8) is 0 Å². The fourth-order valence-corrected chi connectivity index (χ4v) is 5.26. The predicted octanol–water partition coefficient (Wildman–Crippen LogP) is 0.773. The zero-order valence-corrected chi connectivity index (χ0v) is 19.1. The number of hydrogen-bond donors (Lipinski definition) is 3. The van der Waals surface area contributed by atoms with Gasteiger partial charge in [0, 0.05) is 31.3 Å². The second-order valence-corrected chi connectivity index (χ2v) is 10.0. The molecule has 0 radical (unpaired) electrons. The normalized spacial score (nSPS) is 19.3. The van der Waals surface area contributed by atoms with E-state index in [0.717, 1.165) is 18.4 Å². The molecule has 1 aromatic heterocycles. The summed E-state index contributed by atoms with van der Waals surface area (Å²) in [6.45, 7) is 1.82. The van der Waals surface area contributed by atoms with Crippen LogP contribution in [0.2, 0.25) is 0 Å². The fraction of sp³-hybridized carbons (Fsp3) is 0.381. The summed E-state index contributed by atoms with van der Waals surface area (Å²) < 4.78 is 54.8. The molecule has 0 saturated carbocycles. The van der Waals surface area contributed by atoms with Gasteiger partial charge in [-0.05, 0) is 19.4 Å². The molecular formula is C21H22F2N4O6S. The van der Waals surface area contributed by atoms with Gasteiger partial charge in [-0.1, -0.05) is 6.07 Å². The average Bonchev–Trinajstić information content (AvgIpc) is 3.07. The Morgan fingerprint density at radius 3 is 2.59 bits per heavy atom. The van der Waals surface area contributed by atoms with E-state index < -0.39 is 68.8 Å². The number of aromatic hydroxyl groups is 1. The lowest BCUT2D eigenvalue weighted by Gasteiger charge is -2.33. The summed E-state index contributed by atoms with van der Waals surface area (Å²) in [6.07, 6.45) is 1.06. The topological polar surface area (TPSA) is 138 Å². The van der Waals surface area contributed by atoms with Crippen molar-refractivity contribution in [2.45, 2.75) is 32.0 Å². The lowest BCUT2D eigenvalue weighted by Crippen LogP contribution is -2.44. The summed E-state index contributed by atoms with van der Waals surface area (Å²) in [6, 6.07) is 1.27. The second-order valence-electron chi connectivity index (χ2n) is 8.25. The molecule has 2 aromatic rings. The quantitative estimate of drug-likeness (QED) is 0.540. The number of hydrogen-bond acceptors (Lipinski definition) is 6. The highest BCUT2D eigenvalue weighted by Gasteiger charge is 2.45. The fourth-order valence-electron chi connectivity index (χ4n) is 4.54. The second kappa shape index (κ2) is 8.47. The van der Waals surface area contributed by atoms with Gasteiger partial charge in [0.15, 0.2) is 11.4 Å². The van der Waals surface area contributed by atoms with Gasteiger partial charge in [-0.25, -0.2) is 21.9 Å². The molecule has 3 heterocycles. The Labute approximate surface area is 193 Å². The molecule has 2 amide bonds. The minimum Gasteiger partial charge on any atom is -0.503 e. The molecular weight excluding hydrogens is 474 g/mol. The molecule has 0 spiro atoms. The van der Waals surface area contributed by atoms with E-state index in [-0.39, 0.29) is 29.9 Å². The zero-order valence-electron chi connectivity index (χ0n) is 18.3. The van der Waals surface area contributed by atoms with Gasteiger partial charge in [0.1, 0.15) is 17.2 Å². The van der Waals surface area contributed by atoms with Crippen molar-refractivity contribution in [1.29, 1.82) is 0 Å². The van der Waals surface area contributed by atoms with Gasteiger partial charge in [-0.2, -0.15) is 0 Å². The Kier molecular flexibility index (Phi) is 5.94. The summed E-state index contributed by atoms with van der Waals surface area (Å²) in [5.41, 5.74) is -2.10. The summed E-state index contributed by atoms with van der Waals surface area (Å²) in [5.74, 6) is -4.24. The van der Waals surface area contributed by atoms with Crippen LogP contribution in [0.15, 0.2) is 23.0 Å². The molecule has 0 fully saturated rings. The molecule has 1 aromatic carbocycles. The Balaban J connectivity index is 1.82. The molecule has 10 nitrogen and oxygen atoms in total. The molecule has 3 N–H and O–H groups in total. The third kappa shape index (κ3) is 4.05. The SMILES string of the molecule is CCN1CC2C[C@H](NS(C)(=O)=O)c3c(C(=O)NCc4ccc(F)cc4F)c(=O)c(O)c(n32)C1=O. The Hall–Kier alpha value is -3.32. The van der Waals surface area contributed by atoms with E-state index in [0.29, 0.717) is 12.6 Å². The highest BCUT2D eigenvalue weighted by Crippen LogP contribution is 2.42. The molecule has 0 bridgehead atoms. The summed E-state index contributed by atoms with van der Waals surface area (Å²) in [4.78, 5) is 40.4. The number of carbonyl (C=O) groups excluding carboxylic acids is 2. The average molecular weight is 496 g/mol. The zero-order chi connectivity index (χ0) is 24.9. The van der Waals surface area contributed by atoms with Gasteiger partial charge >= 0.3 is 0 Å². The van der Waals surface area contributed by atoms with Crippen LogP contribution in [0.4, 0.5) is 8.78 Å². The van der Waals surface area contributed by atoms with Crippen LogP contribution in [0.1, 0.15) is 57.5 Å². The van der Waals surface area contributed by atoms with Gasteiger partial charge in [0.05, 0.1) is 24.0 Å². The number of pyridine rings is 1. The predicted molar refractivity (Wildman–Crippen MR) is 116 cm³/mol. The molecule has 0 saturated heterocycles. The molecule has 2 atom stereocenters. The first-order chi connectivity index (χ1) is 15.9. The summed E-state index contributed by atoms with van der Waals surface area (Å²) in [7, 11) is -3.78. The molecule has 34 heavy (non-hydrogen) atoms. The number of carbonyl (C=O) groups is 2. The van der Waals surface area contributed by atoms with Crippen LogP contribution in [0.5, 0.6) is 5.75 Å². The van der Waals surface area contributed by atoms with Gasteiger partial charge in [-0.3, -0.25) is 14.4 Å². The molecule has 2 aliphatic rings. The van der Waals surface area contributed by atoms with Crippen molar-refractivity contribution < 1.29 is 31.9 Å². The van der Waals surface area contributed by atoms with E-state index in [1.54, 1.807) is 6.92 Å². The van der Waals surface area contributed by atoms with Crippen molar-refractivity contribution in [2.75, 3.05) is 19.3 Å². The summed E-state index contributed by atoms with van der Waals surface area (Å²) >= 11 is 0. The number of nitrogens with one attached hydrogen (secondary N) is 2. The Morgan fingerprint density at radius 2 is 1.97 bits per heavy atom. The van der Waals surface area contributed by atoms with Crippen molar-refractivity contribution in [3.05, 3.63) is 62.6 Å². The van der Waals surface area contributed by atoms with Crippen LogP contribution in [0.3, 0.4) is 0 Å². The lowest BCUT2D eigenvalue weighted by molar-refractivity contribution is 0.0675. The largest absolute Gasteiger partial charge is 0.503 e. The monoisotopic (exact) mass is 496 g/mol. The highest BCUT2D eigenvalue weighted by atomic mass is 32.2. The minimum absolute atomic E-state index is 0.0468. The number of likely N-dealkylation sites (N-methyl/N-ethyl adjacent to an activating group) is 1. The molecule has 182 valence electrons. The van der Waals surface area contributed by atoms with Crippen LogP contribution in [-0.4, -0.2) is 54.2 Å². The third-order valence-corrected chi connectivity index (χ3v) is 6.68. The number of halogens is 2.